The highest BCUT2D eigenvalue weighted by Crippen LogP contribution is 2.36. The van der Waals surface area contributed by atoms with Crippen molar-refractivity contribution in [1.82, 2.24) is 0 Å². The number of anilines is 2. The average Bonchev–Trinajstić information content (AvgIpc) is 2.29. The van der Waals surface area contributed by atoms with E-state index < -0.39 is 11.7 Å². The molecule has 0 bridgehead atoms. The van der Waals surface area contributed by atoms with Gasteiger partial charge in [-0.05, 0) is 30.9 Å². The standard InChI is InChI=1S/C12H17F3N2S/c1-8(18-2)5-6-17-11-4-3-9(16)7-10(11)12(13,14)15/h3-4,7-8,17H,5-6,16H2,1-2H3. The van der Waals surface area contributed by atoms with Crippen LogP contribution in [0.2, 0.25) is 0 Å². The van der Waals surface area contributed by atoms with Crippen LogP contribution in [0.25, 0.3) is 0 Å². The first kappa shape index (κ1) is 15.0. The summed E-state index contributed by atoms with van der Waals surface area (Å²) >= 11 is 1.69. The fraction of sp³-hybridized carbons (Fsp3) is 0.500. The molecule has 0 saturated carbocycles. The Bertz CT molecular complexity index is 393. The van der Waals surface area contributed by atoms with Gasteiger partial charge in [-0.2, -0.15) is 24.9 Å². The van der Waals surface area contributed by atoms with Crippen LogP contribution in [-0.4, -0.2) is 18.1 Å². The van der Waals surface area contributed by atoms with Crippen LogP contribution in [0.5, 0.6) is 0 Å². The third-order valence-corrected chi connectivity index (χ3v) is 3.66. The second-order valence-corrected chi connectivity index (χ2v) is 5.34. The lowest BCUT2D eigenvalue weighted by molar-refractivity contribution is -0.136. The van der Waals surface area contributed by atoms with Crippen LogP contribution in [0.1, 0.15) is 18.9 Å². The molecule has 1 unspecified atom stereocenters. The van der Waals surface area contributed by atoms with Gasteiger partial charge >= 0.3 is 6.18 Å². The predicted molar refractivity (Wildman–Crippen MR) is 71.9 cm³/mol. The summed E-state index contributed by atoms with van der Waals surface area (Å²) in [4.78, 5) is 0. The van der Waals surface area contributed by atoms with Crippen LogP contribution in [0.3, 0.4) is 0 Å². The largest absolute Gasteiger partial charge is 0.418 e. The number of rotatable bonds is 5. The molecule has 0 heterocycles. The second kappa shape index (κ2) is 6.22. The topological polar surface area (TPSA) is 38.0 Å². The summed E-state index contributed by atoms with van der Waals surface area (Å²) in [5, 5.41) is 3.24. The number of hydrogen-bond acceptors (Lipinski definition) is 3. The van der Waals surface area contributed by atoms with E-state index in [9.17, 15) is 13.2 Å². The summed E-state index contributed by atoms with van der Waals surface area (Å²) in [6.45, 7) is 2.55. The van der Waals surface area contributed by atoms with E-state index in [2.05, 4.69) is 5.32 Å². The fourth-order valence-electron chi connectivity index (χ4n) is 1.48. The van der Waals surface area contributed by atoms with Crippen LogP contribution < -0.4 is 11.1 Å². The van der Waals surface area contributed by atoms with E-state index in [1.54, 1.807) is 11.8 Å². The molecule has 0 fully saturated rings. The molecule has 3 N–H and O–H groups in total. The van der Waals surface area contributed by atoms with E-state index >= 15 is 0 Å². The average molecular weight is 278 g/mol. The molecule has 1 atom stereocenters. The minimum absolute atomic E-state index is 0.0880. The Hall–Kier alpha value is -1.04. The van der Waals surface area contributed by atoms with E-state index in [1.165, 1.54) is 12.1 Å². The van der Waals surface area contributed by atoms with E-state index in [4.69, 9.17) is 5.73 Å². The number of hydrogen-bond donors (Lipinski definition) is 2. The monoisotopic (exact) mass is 278 g/mol. The van der Waals surface area contributed by atoms with Gasteiger partial charge in [-0.25, -0.2) is 0 Å². The molecule has 2 nitrogen and oxygen atoms in total. The first-order valence-corrected chi connectivity index (χ1v) is 6.86. The smallest absolute Gasteiger partial charge is 0.399 e. The molecule has 0 aliphatic carbocycles. The predicted octanol–water partition coefficient (Wildman–Crippen LogP) is 3.84. The first-order chi connectivity index (χ1) is 8.34. The van der Waals surface area contributed by atoms with Crippen molar-refractivity contribution >= 4 is 23.1 Å². The van der Waals surface area contributed by atoms with Crippen LogP contribution in [0.4, 0.5) is 24.5 Å². The molecule has 1 rings (SSSR count). The normalized spacial score (nSPS) is 13.4. The van der Waals surface area contributed by atoms with E-state index in [0.29, 0.717) is 11.8 Å². The Morgan fingerprint density at radius 2 is 2.06 bits per heavy atom. The van der Waals surface area contributed by atoms with E-state index in [0.717, 1.165) is 12.5 Å². The highest BCUT2D eigenvalue weighted by atomic mass is 32.2. The van der Waals surface area contributed by atoms with Gasteiger partial charge in [0.2, 0.25) is 0 Å². The number of halogens is 3. The van der Waals surface area contributed by atoms with E-state index in [1.807, 2.05) is 13.2 Å². The van der Waals surface area contributed by atoms with Crippen molar-refractivity contribution in [3.63, 3.8) is 0 Å². The van der Waals surface area contributed by atoms with Gasteiger partial charge in [0.25, 0.3) is 0 Å². The number of benzene rings is 1. The number of alkyl halides is 3. The Kier molecular flexibility index (Phi) is 5.19. The first-order valence-electron chi connectivity index (χ1n) is 5.58. The molecule has 102 valence electrons. The maximum atomic E-state index is 12.8. The quantitative estimate of drug-likeness (QED) is 0.804. The summed E-state index contributed by atoms with van der Waals surface area (Å²) in [5.41, 5.74) is 4.89. The van der Waals surface area contributed by atoms with Crippen LogP contribution in [0.15, 0.2) is 18.2 Å². The molecule has 0 amide bonds. The molecular weight excluding hydrogens is 261 g/mol. The fourth-order valence-corrected chi connectivity index (χ4v) is 1.83. The number of nitrogens with one attached hydrogen (secondary N) is 1. The van der Waals surface area contributed by atoms with Crippen molar-refractivity contribution in [3.8, 4) is 0 Å². The summed E-state index contributed by atoms with van der Waals surface area (Å²) in [5.74, 6) is 0. The van der Waals surface area contributed by atoms with Crippen molar-refractivity contribution in [1.29, 1.82) is 0 Å². The van der Waals surface area contributed by atoms with Gasteiger partial charge in [-0.1, -0.05) is 6.92 Å². The zero-order valence-electron chi connectivity index (χ0n) is 10.3. The highest BCUT2D eigenvalue weighted by Gasteiger charge is 2.33. The van der Waals surface area contributed by atoms with E-state index in [-0.39, 0.29) is 11.4 Å². The summed E-state index contributed by atoms with van der Waals surface area (Å²) in [6.07, 6.45) is -1.60. The SMILES string of the molecule is CSC(C)CCNc1ccc(N)cc1C(F)(F)F. The molecule has 1 aromatic rings. The number of nitrogen functional groups attached to an aromatic ring is 1. The zero-order chi connectivity index (χ0) is 13.8. The van der Waals surface area contributed by atoms with Gasteiger partial charge in [-0.15, -0.1) is 0 Å². The van der Waals surface area contributed by atoms with Gasteiger partial charge in [-0.3, -0.25) is 0 Å². The molecule has 0 radical (unpaired) electrons. The van der Waals surface area contributed by atoms with Crippen LogP contribution in [-0.2, 0) is 6.18 Å². The molecule has 6 heteroatoms. The third kappa shape index (κ3) is 4.33. The number of nitrogens with two attached hydrogens (primary N) is 1. The molecule has 0 aliphatic rings. The lowest BCUT2D eigenvalue weighted by atomic mass is 10.1. The summed E-state index contributed by atoms with van der Waals surface area (Å²) in [6, 6.07) is 3.80. The minimum Gasteiger partial charge on any atom is -0.399 e. The van der Waals surface area contributed by atoms with Crippen LogP contribution in [0, 0.1) is 0 Å². The summed E-state index contributed by atoms with van der Waals surface area (Å²) in [7, 11) is 0. The molecule has 18 heavy (non-hydrogen) atoms. The Labute approximate surface area is 109 Å². The number of thioether (sulfide) groups is 1. The second-order valence-electron chi connectivity index (χ2n) is 4.06. The van der Waals surface area contributed by atoms with Crippen molar-refractivity contribution in [2.45, 2.75) is 24.8 Å². The van der Waals surface area contributed by atoms with Gasteiger partial charge in [0.15, 0.2) is 0 Å². The van der Waals surface area contributed by atoms with Crippen molar-refractivity contribution in [3.05, 3.63) is 23.8 Å². The molecule has 0 aromatic heterocycles. The van der Waals surface area contributed by atoms with Gasteiger partial charge in [0.1, 0.15) is 0 Å². The third-order valence-electron chi connectivity index (χ3n) is 2.62. The van der Waals surface area contributed by atoms with Gasteiger partial charge < -0.3 is 11.1 Å². The Morgan fingerprint density at radius 3 is 2.61 bits per heavy atom. The maximum absolute atomic E-state index is 12.8. The van der Waals surface area contributed by atoms with Crippen LogP contribution >= 0.6 is 11.8 Å². The van der Waals surface area contributed by atoms with Gasteiger partial charge in [0, 0.05) is 23.2 Å². The molecule has 0 spiro atoms. The maximum Gasteiger partial charge on any atom is 0.418 e. The van der Waals surface area contributed by atoms with Crippen molar-refractivity contribution in [2.24, 2.45) is 0 Å². The minimum atomic E-state index is -4.39. The molecule has 1 aromatic carbocycles. The lowest BCUT2D eigenvalue weighted by Crippen LogP contribution is -2.14. The summed E-state index contributed by atoms with van der Waals surface area (Å²) < 4.78 is 38.3. The highest BCUT2D eigenvalue weighted by molar-refractivity contribution is 7.99. The zero-order valence-corrected chi connectivity index (χ0v) is 11.2. The Morgan fingerprint density at radius 1 is 1.39 bits per heavy atom. The van der Waals surface area contributed by atoms with Crippen molar-refractivity contribution < 1.29 is 13.2 Å². The molecule has 0 aliphatic heterocycles. The molecular formula is C12H17F3N2S. The molecule has 0 saturated heterocycles. The Balaban J connectivity index is 2.76. The van der Waals surface area contributed by atoms with Crippen molar-refractivity contribution in [2.75, 3.05) is 23.9 Å². The van der Waals surface area contributed by atoms with Gasteiger partial charge in [0.05, 0.1) is 5.56 Å². The lowest BCUT2D eigenvalue weighted by Gasteiger charge is -2.16.